The van der Waals surface area contributed by atoms with E-state index in [-0.39, 0.29) is 5.90 Å². The highest BCUT2D eigenvalue weighted by Gasteiger charge is 2.85. The molecule has 2 heterocycles. The maximum Gasteiger partial charge on any atom is 0.220 e. The lowest BCUT2D eigenvalue weighted by atomic mass is 9.45. The van der Waals surface area contributed by atoms with Crippen LogP contribution in [0.4, 0.5) is 0 Å². The fraction of sp³-hybridized carbons (Fsp3) is 0.500. The van der Waals surface area contributed by atoms with Crippen molar-refractivity contribution in [3.8, 4) is 18.2 Å². The summed E-state index contributed by atoms with van der Waals surface area (Å²) >= 11 is 0. The number of rotatable bonds is 1. The third-order valence-corrected chi connectivity index (χ3v) is 6.62. The van der Waals surface area contributed by atoms with Gasteiger partial charge in [0.15, 0.2) is 5.41 Å². The van der Waals surface area contributed by atoms with Crippen LogP contribution in [0.5, 0.6) is 0 Å². The summed E-state index contributed by atoms with van der Waals surface area (Å²) < 4.78 is 12.3. The minimum atomic E-state index is -1.87. The number of benzene rings is 1. The highest BCUT2D eigenvalue weighted by molar-refractivity contribution is 5.90. The molecular formula is C20H18N4O2. The third-order valence-electron chi connectivity index (χ3n) is 6.62. The average Bonchev–Trinajstić information content (AvgIpc) is 2.81. The van der Waals surface area contributed by atoms with E-state index in [0.29, 0.717) is 18.4 Å². The van der Waals surface area contributed by atoms with Crippen molar-refractivity contribution in [2.75, 3.05) is 0 Å². The van der Waals surface area contributed by atoms with Gasteiger partial charge in [-0.3, -0.25) is 5.41 Å². The summed E-state index contributed by atoms with van der Waals surface area (Å²) in [5.41, 5.74) is -3.84. The van der Waals surface area contributed by atoms with Crippen molar-refractivity contribution >= 4 is 5.90 Å². The van der Waals surface area contributed by atoms with Crippen LogP contribution in [0, 0.1) is 55.6 Å². The predicted octanol–water partition coefficient (Wildman–Crippen LogP) is 3.59. The van der Waals surface area contributed by atoms with E-state index in [9.17, 15) is 15.8 Å². The maximum absolute atomic E-state index is 10.3. The molecule has 6 nitrogen and oxygen atoms in total. The topological polar surface area (TPSA) is 114 Å². The molecule has 0 spiro atoms. The highest BCUT2D eigenvalue weighted by atomic mass is 16.7. The van der Waals surface area contributed by atoms with Gasteiger partial charge in [-0.2, -0.15) is 15.8 Å². The first-order valence-corrected chi connectivity index (χ1v) is 8.71. The first-order chi connectivity index (χ1) is 12.5. The molecule has 3 fully saturated rings. The van der Waals surface area contributed by atoms with Crippen molar-refractivity contribution in [2.45, 2.75) is 44.5 Å². The minimum Gasteiger partial charge on any atom is -0.447 e. The fourth-order valence-electron chi connectivity index (χ4n) is 5.25. The Balaban J connectivity index is 2.07. The van der Waals surface area contributed by atoms with Crippen LogP contribution in [-0.4, -0.2) is 11.7 Å². The van der Waals surface area contributed by atoms with Crippen LogP contribution in [-0.2, 0) is 9.47 Å². The summed E-state index contributed by atoms with van der Waals surface area (Å²) in [5.74, 6) is -1.47. The first kappa shape index (κ1) is 16.6. The van der Waals surface area contributed by atoms with Crippen LogP contribution in [0.15, 0.2) is 30.3 Å². The van der Waals surface area contributed by atoms with Gasteiger partial charge in [0.25, 0.3) is 0 Å². The first-order valence-electron chi connectivity index (χ1n) is 8.71. The molecule has 1 saturated carbocycles. The average molecular weight is 346 g/mol. The molecule has 4 atom stereocenters. The van der Waals surface area contributed by atoms with Crippen LogP contribution in [0.3, 0.4) is 0 Å². The lowest BCUT2D eigenvalue weighted by Gasteiger charge is -2.57. The molecule has 0 aromatic heterocycles. The molecule has 1 aromatic rings. The Morgan fingerprint density at radius 2 is 1.69 bits per heavy atom. The zero-order chi connectivity index (χ0) is 18.6. The Hall–Kier alpha value is -2.88. The summed E-state index contributed by atoms with van der Waals surface area (Å²) in [4.78, 5) is 0. The zero-order valence-electron chi connectivity index (χ0n) is 14.5. The summed E-state index contributed by atoms with van der Waals surface area (Å²) in [5, 5.41) is 39.1. The van der Waals surface area contributed by atoms with E-state index < -0.39 is 28.1 Å². The van der Waals surface area contributed by atoms with Gasteiger partial charge in [0.2, 0.25) is 17.1 Å². The molecule has 1 aromatic carbocycles. The van der Waals surface area contributed by atoms with Crippen LogP contribution >= 0.6 is 0 Å². The standard InChI is InChI=1S/C20H18N4O2/c1-17-9-5-6-10-20(17)25-15(14-7-3-2-4-8-14)18(11-21,12-22)19(17,13-23)16(24)26-20/h2-4,7-8,15,24H,5-6,9-10H2,1H3. The Bertz CT molecular complexity index is 894. The second-order valence-electron chi connectivity index (χ2n) is 7.53. The summed E-state index contributed by atoms with van der Waals surface area (Å²) in [6.07, 6.45) is 1.82. The molecule has 26 heavy (non-hydrogen) atoms. The van der Waals surface area contributed by atoms with Crippen molar-refractivity contribution in [2.24, 2.45) is 16.2 Å². The van der Waals surface area contributed by atoms with Crippen molar-refractivity contribution in [1.82, 2.24) is 0 Å². The number of nitrogens with zero attached hydrogens (tertiary/aromatic N) is 3. The molecule has 1 aliphatic carbocycles. The molecule has 3 aliphatic rings. The lowest BCUT2D eigenvalue weighted by molar-refractivity contribution is -0.329. The molecule has 6 heteroatoms. The molecule has 2 aliphatic heterocycles. The van der Waals surface area contributed by atoms with Gasteiger partial charge in [0.1, 0.15) is 6.10 Å². The third kappa shape index (κ3) is 1.48. The SMILES string of the molecule is CC12CCCCC13OC(=N)C2(C#N)C(C#N)(C#N)C(c1ccccc1)O3. The summed E-state index contributed by atoms with van der Waals surface area (Å²) in [6, 6.07) is 15.4. The second kappa shape index (κ2) is 5.07. The number of ether oxygens (including phenoxy) is 2. The predicted molar refractivity (Wildman–Crippen MR) is 90.1 cm³/mol. The molecule has 2 bridgehead atoms. The molecular weight excluding hydrogens is 328 g/mol. The highest BCUT2D eigenvalue weighted by Crippen LogP contribution is 2.75. The molecule has 1 N–H and O–H groups in total. The normalized spacial score (nSPS) is 39.6. The summed E-state index contributed by atoms with van der Waals surface area (Å²) in [7, 11) is 0. The van der Waals surface area contributed by atoms with Gasteiger partial charge in [0.05, 0.1) is 23.6 Å². The van der Waals surface area contributed by atoms with Gasteiger partial charge in [-0.1, -0.05) is 43.7 Å². The smallest absolute Gasteiger partial charge is 0.220 e. The van der Waals surface area contributed by atoms with Crippen molar-refractivity contribution in [1.29, 1.82) is 21.2 Å². The Labute approximate surface area is 152 Å². The Morgan fingerprint density at radius 3 is 2.31 bits per heavy atom. The lowest BCUT2D eigenvalue weighted by Crippen LogP contribution is -2.66. The Morgan fingerprint density at radius 1 is 1.04 bits per heavy atom. The van der Waals surface area contributed by atoms with Crippen molar-refractivity contribution in [3.05, 3.63) is 35.9 Å². The fourth-order valence-corrected chi connectivity index (χ4v) is 5.25. The van der Waals surface area contributed by atoms with E-state index >= 15 is 0 Å². The van der Waals surface area contributed by atoms with Gasteiger partial charge >= 0.3 is 0 Å². The number of nitriles is 3. The molecule has 2 saturated heterocycles. The number of nitrogens with one attached hydrogen (secondary N) is 1. The summed E-state index contributed by atoms with van der Waals surface area (Å²) in [6.45, 7) is 1.83. The van der Waals surface area contributed by atoms with Gasteiger partial charge in [-0.15, -0.1) is 0 Å². The van der Waals surface area contributed by atoms with E-state index in [0.717, 1.165) is 12.8 Å². The van der Waals surface area contributed by atoms with Gasteiger partial charge in [-0.05, 0) is 18.4 Å². The van der Waals surface area contributed by atoms with E-state index in [1.54, 1.807) is 24.3 Å². The number of hydrogen-bond acceptors (Lipinski definition) is 6. The van der Waals surface area contributed by atoms with E-state index in [1.807, 2.05) is 13.0 Å². The maximum atomic E-state index is 10.3. The van der Waals surface area contributed by atoms with Gasteiger partial charge < -0.3 is 9.47 Å². The van der Waals surface area contributed by atoms with E-state index in [4.69, 9.17) is 14.9 Å². The molecule has 130 valence electrons. The van der Waals surface area contributed by atoms with Crippen LogP contribution in [0.2, 0.25) is 0 Å². The van der Waals surface area contributed by atoms with Crippen LogP contribution in [0.25, 0.3) is 0 Å². The monoisotopic (exact) mass is 346 g/mol. The van der Waals surface area contributed by atoms with Gasteiger partial charge in [-0.25, -0.2) is 0 Å². The molecule has 4 unspecified atom stereocenters. The zero-order valence-corrected chi connectivity index (χ0v) is 14.5. The van der Waals surface area contributed by atoms with Crippen LogP contribution in [0.1, 0.15) is 44.3 Å². The molecule has 0 amide bonds. The largest absolute Gasteiger partial charge is 0.447 e. The number of hydrogen-bond donors (Lipinski definition) is 1. The molecule has 4 rings (SSSR count). The minimum absolute atomic E-state index is 0.314. The van der Waals surface area contributed by atoms with Crippen LogP contribution < -0.4 is 0 Å². The van der Waals surface area contributed by atoms with E-state index in [1.165, 1.54) is 0 Å². The van der Waals surface area contributed by atoms with Gasteiger partial charge in [0, 0.05) is 6.42 Å². The van der Waals surface area contributed by atoms with Crippen molar-refractivity contribution < 1.29 is 9.47 Å². The quantitative estimate of drug-likeness (QED) is 0.834. The van der Waals surface area contributed by atoms with Crippen molar-refractivity contribution in [3.63, 3.8) is 0 Å². The Kier molecular flexibility index (Phi) is 3.23. The molecule has 0 radical (unpaired) electrons. The second-order valence-corrected chi connectivity index (χ2v) is 7.53. The van der Waals surface area contributed by atoms with E-state index in [2.05, 4.69) is 18.2 Å².